The molecule has 4 heteroatoms. The SMILES string of the molecule is CCN(CCNc1nccc2c(OC)cccc12)C1CC1. The highest BCUT2D eigenvalue weighted by Gasteiger charge is 2.27. The van der Waals surface area contributed by atoms with Crippen molar-refractivity contribution in [1.29, 1.82) is 0 Å². The molecule has 0 amide bonds. The maximum atomic E-state index is 5.42. The van der Waals surface area contributed by atoms with Crippen LogP contribution in [0.4, 0.5) is 5.82 Å². The fraction of sp³-hybridized carbons (Fsp3) is 0.471. The first kappa shape index (κ1) is 14.1. The molecule has 0 spiro atoms. The van der Waals surface area contributed by atoms with Crippen LogP contribution in [0.5, 0.6) is 5.75 Å². The summed E-state index contributed by atoms with van der Waals surface area (Å²) in [4.78, 5) is 7.02. The molecule has 0 bridgehead atoms. The number of pyridine rings is 1. The standard InChI is InChI=1S/C17H23N3O/c1-3-20(13-7-8-13)12-11-19-17-15-5-4-6-16(21-2)14(15)9-10-18-17/h4-6,9-10,13H,3,7-8,11-12H2,1-2H3,(H,18,19). The predicted molar refractivity (Wildman–Crippen MR) is 87.1 cm³/mol. The summed E-state index contributed by atoms with van der Waals surface area (Å²) in [5.41, 5.74) is 0. The van der Waals surface area contributed by atoms with Gasteiger partial charge in [0.15, 0.2) is 0 Å². The molecule has 1 fully saturated rings. The van der Waals surface area contributed by atoms with Crippen molar-refractivity contribution in [3.8, 4) is 5.75 Å². The maximum absolute atomic E-state index is 5.42. The lowest BCUT2D eigenvalue weighted by Gasteiger charge is -2.20. The minimum Gasteiger partial charge on any atom is -0.496 e. The largest absolute Gasteiger partial charge is 0.496 e. The van der Waals surface area contributed by atoms with Crippen molar-refractivity contribution in [2.45, 2.75) is 25.8 Å². The Balaban J connectivity index is 1.71. The van der Waals surface area contributed by atoms with Gasteiger partial charge in [-0.05, 0) is 31.5 Å². The number of aromatic nitrogens is 1. The van der Waals surface area contributed by atoms with Crippen LogP contribution in [-0.4, -0.2) is 42.7 Å². The van der Waals surface area contributed by atoms with Crippen molar-refractivity contribution in [3.05, 3.63) is 30.5 Å². The van der Waals surface area contributed by atoms with Gasteiger partial charge in [0.25, 0.3) is 0 Å². The Morgan fingerprint density at radius 1 is 1.29 bits per heavy atom. The molecule has 2 aromatic rings. The molecule has 0 unspecified atom stereocenters. The molecule has 1 saturated carbocycles. The first-order chi connectivity index (χ1) is 10.3. The van der Waals surface area contributed by atoms with E-state index in [1.807, 2.05) is 24.4 Å². The number of nitrogens with zero attached hydrogens (tertiary/aromatic N) is 2. The molecule has 21 heavy (non-hydrogen) atoms. The molecule has 0 aliphatic heterocycles. The van der Waals surface area contributed by atoms with Gasteiger partial charge >= 0.3 is 0 Å². The lowest BCUT2D eigenvalue weighted by molar-refractivity contribution is 0.289. The van der Waals surface area contributed by atoms with Crippen molar-refractivity contribution < 1.29 is 4.74 Å². The minimum atomic E-state index is 0.817. The average Bonchev–Trinajstić information content (AvgIpc) is 3.36. The molecular weight excluding hydrogens is 262 g/mol. The fourth-order valence-corrected chi connectivity index (χ4v) is 2.85. The number of methoxy groups -OCH3 is 1. The van der Waals surface area contributed by atoms with E-state index >= 15 is 0 Å². The summed E-state index contributed by atoms with van der Waals surface area (Å²) in [6, 6.07) is 8.90. The molecule has 0 radical (unpaired) electrons. The summed E-state index contributed by atoms with van der Waals surface area (Å²) in [6.45, 7) is 5.36. The number of likely N-dealkylation sites (N-methyl/N-ethyl adjacent to an activating group) is 1. The number of fused-ring (bicyclic) bond motifs is 1. The zero-order valence-electron chi connectivity index (χ0n) is 12.8. The molecule has 1 aliphatic carbocycles. The fourth-order valence-electron chi connectivity index (χ4n) is 2.85. The number of ether oxygens (including phenoxy) is 1. The third kappa shape index (κ3) is 3.10. The lowest BCUT2D eigenvalue weighted by Crippen LogP contribution is -2.31. The number of hydrogen-bond acceptors (Lipinski definition) is 4. The number of nitrogens with one attached hydrogen (secondary N) is 1. The minimum absolute atomic E-state index is 0.817. The summed E-state index contributed by atoms with van der Waals surface area (Å²) >= 11 is 0. The van der Waals surface area contributed by atoms with Gasteiger partial charge in [-0.15, -0.1) is 0 Å². The van der Waals surface area contributed by atoms with E-state index in [9.17, 15) is 0 Å². The van der Waals surface area contributed by atoms with Gasteiger partial charge in [-0.2, -0.15) is 0 Å². The molecule has 1 aliphatic rings. The van der Waals surface area contributed by atoms with Crippen LogP contribution in [0.1, 0.15) is 19.8 Å². The number of hydrogen-bond donors (Lipinski definition) is 1. The van der Waals surface area contributed by atoms with Gasteiger partial charge in [-0.3, -0.25) is 4.90 Å². The summed E-state index contributed by atoms with van der Waals surface area (Å²) in [5, 5.41) is 5.70. The third-order valence-electron chi connectivity index (χ3n) is 4.15. The molecular formula is C17H23N3O. The zero-order valence-corrected chi connectivity index (χ0v) is 12.8. The highest BCUT2D eigenvalue weighted by Crippen LogP contribution is 2.29. The highest BCUT2D eigenvalue weighted by molar-refractivity contribution is 5.95. The van der Waals surface area contributed by atoms with Gasteiger partial charge < -0.3 is 10.1 Å². The third-order valence-corrected chi connectivity index (χ3v) is 4.15. The molecule has 1 heterocycles. The monoisotopic (exact) mass is 285 g/mol. The highest BCUT2D eigenvalue weighted by atomic mass is 16.5. The molecule has 1 N–H and O–H groups in total. The summed E-state index contributed by atoms with van der Waals surface area (Å²) < 4.78 is 5.42. The summed E-state index contributed by atoms with van der Waals surface area (Å²) in [7, 11) is 1.71. The Hall–Kier alpha value is -1.81. The van der Waals surface area contributed by atoms with Crippen LogP contribution in [0.15, 0.2) is 30.5 Å². The zero-order chi connectivity index (χ0) is 14.7. The Bertz CT molecular complexity index is 610. The molecule has 112 valence electrons. The second-order valence-corrected chi connectivity index (χ2v) is 5.50. The molecule has 4 nitrogen and oxygen atoms in total. The Morgan fingerprint density at radius 3 is 2.86 bits per heavy atom. The van der Waals surface area contributed by atoms with E-state index in [-0.39, 0.29) is 0 Å². The van der Waals surface area contributed by atoms with Crippen molar-refractivity contribution in [1.82, 2.24) is 9.88 Å². The van der Waals surface area contributed by atoms with Crippen LogP contribution in [0, 0.1) is 0 Å². The van der Waals surface area contributed by atoms with E-state index in [2.05, 4.69) is 28.2 Å². The number of rotatable bonds is 7. The molecule has 1 aromatic heterocycles. The molecule has 0 atom stereocenters. The van der Waals surface area contributed by atoms with Crippen molar-refractivity contribution in [3.63, 3.8) is 0 Å². The predicted octanol–water partition coefficient (Wildman–Crippen LogP) is 3.14. The summed E-state index contributed by atoms with van der Waals surface area (Å²) in [5.74, 6) is 1.84. The van der Waals surface area contributed by atoms with Crippen LogP contribution in [-0.2, 0) is 0 Å². The van der Waals surface area contributed by atoms with Crippen LogP contribution in [0.25, 0.3) is 10.8 Å². The van der Waals surface area contributed by atoms with Crippen LogP contribution >= 0.6 is 0 Å². The van der Waals surface area contributed by atoms with E-state index < -0.39 is 0 Å². The van der Waals surface area contributed by atoms with Gasteiger partial charge in [0, 0.05) is 36.1 Å². The maximum Gasteiger partial charge on any atom is 0.133 e. The van der Waals surface area contributed by atoms with Gasteiger partial charge in [0.2, 0.25) is 0 Å². The van der Waals surface area contributed by atoms with Gasteiger partial charge in [0.1, 0.15) is 11.6 Å². The van der Waals surface area contributed by atoms with E-state index in [0.717, 1.165) is 48.0 Å². The average molecular weight is 285 g/mol. The second-order valence-electron chi connectivity index (χ2n) is 5.50. The van der Waals surface area contributed by atoms with E-state index in [1.54, 1.807) is 7.11 Å². The van der Waals surface area contributed by atoms with E-state index in [4.69, 9.17) is 4.74 Å². The van der Waals surface area contributed by atoms with Crippen molar-refractivity contribution in [2.24, 2.45) is 0 Å². The topological polar surface area (TPSA) is 37.4 Å². The second kappa shape index (κ2) is 6.31. The summed E-state index contributed by atoms with van der Waals surface area (Å²) in [6.07, 6.45) is 4.56. The molecule has 1 aromatic carbocycles. The smallest absolute Gasteiger partial charge is 0.133 e. The molecule has 3 rings (SSSR count). The normalized spacial score (nSPS) is 14.6. The lowest BCUT2D eigenvalue weighted by atomic mass is 10.1. The Kier molecular flexibility index (Phi) is 4.25. The van der Waals surface area contributed by atoms with Crippen LogP contribution < -0.4 is 10.1 Å². The molecule has 0 saturated heterocycles. The first-order valence-electron chi connectivity index (χ1n) is 7.73. The first-order valence-corrected chi connectivity index (χ1v) is 7.73. The van der Waals surface area contributed by atoms with Crippen LogP contribution in [0.3, 0.4) is 0 Å². The number of benzene rings is 1. The van der Waals surface area contributed by atoms with E-state index in [0.29, 0.717) is 0 Å². The quantitative estimate of drug-likeness (QED) is 0.848. The van der Waals surface area contributed by atoms with Gasteiger partial charge in [-0.1, -0.05) is 19.1 Å². The number of anilines is 1. The Morgan fingerprint density at radius 2 is 2.14 bits per heavy atom. The van der Waals surface area contributed by atoms with Gasteiger partial charge in [-0.25, -0.2) is 4.98 Å². The van der Waals surface area contributed by atoms with Gasteiger partial charge in [0.05, 0.1) is 7.11 Å². The van der Waals surface area contributed by atoms with Crippen LogP contribution in [0.2, 0.25) is 0 Å². The van der Waals surface area contributed by atoms with E-state index in [1.165, 1.54) is 12.8 Å². The van der Waals surface area contributed by atoms with Crippen molar-refractivity contribution in [2.75, 3.05) is 32.1 Å². The van der Waals surface area contributed by atoms with Crippen molar-refractivity contribution >= 4 is 16.6 Å². The Labute approximate surface area is 126 Å².